The number of fused-ring (bicyclic) bond motifs is 1. The minimum Gasteiger partial charge on any atom is -0.494 e. The number of rotatable bonds is 4. The molecule has 6 nitrogen and oxygen atoms in total. The molecule has 0 atom stereocenters. The Hall–Kier alpha value is -3.13. The number of carbonyl (C=O) groups excluding carboxylic acids is 2. The Morgan fingerprint density at radius 1 is 1.04 bits per heavy atom. The van der Waals surface area contributed by atoms with Gasteiger partial charge >= 0.3 is 12.0 Å². The van der Waals surface area contributed by atoms with Crippen molar-refractivity contribution in [2.45, 2.75) is 6.92 Å². The largest absolute Gasteiger partial charge is 0.494 e. The molecule has 1 heterocycles. The lowest BCUT2D eigenvalue weighted by molar-refractivity contribution is 0.0603. The van der Waals surface area contributed by atoms with Crippen molar-refractivity contribution in [1.29, 1.82) is 0 Å². The average Bonchev–Trinajstić information content (AvgIpc) is 3.01. The van der Waals surface area contributed by atoms with Crippen LogP contribution in [0.3, 0.4) is 0 Å². The van der Waals surface area contributed by atoms with Crippen molar-refractivity contribution in [2.75, 3.05) is 24.9 Å². The number of benzene rings is 2. The second-order valence-electron chi connectivity index (χ2n) is 5.71. The highest BCUT2D eigenvalue weighted by molar-refractivity contribution is 7.21. The number of methoxy groups -OCH3 is 2. The van der Waals surface area contributed by atoms with Gasteiger partial charge in [-0.3, -0.25) is 0 Å². The summed E-state index contributed by atoms with van der Waals surface area (Å²) in [5.41, 5.74) is 1.34. The van der Waals surface area contributed by atoms with Gasteiger partial charge in [0.25, 0.3) is 0 Å². The summed E-state index contributed by atoms with van der Waals surface area (Å²) >= 11 is 1.24. The number of hydrogen-bond donors (Lipinski definition) is 2. The van der Waals surface area contributed by atoms with Crippen LogP contribution in [0.4, 0.5) is 20.6 Å². The van der Waals surface area contributed by atoms with Gasteiger partial charge in [0.2, 0.25) is 0 Å². The van der Waals surface area contributed by atoms with Crippen LogP contribution in [0.25, 0.3) is 10.1 Å². The summed E-state index contributed by atoms with van der Waals surface area (Å²) < 4.78 is 24.5. The molecule has 3 rings (SSSR count). The molecule has 0 unspecified atom stereocenters. The van der Waals surface area contributed by atoms with Gasteiger partial charge in [-0.25, -0.2) is 14.0 Å². The molecule has 0 aliphatic heterocycles. The zero-order valence-electron chi connectivity index (χ0n) is 14.9. The number of halogens is 1. The number of thiophene rings is 1. The maximum absolute atomic E-state index is 13.6. The third-order valence-corrected chi connectivity index (χ3v) is 5.04. The van der Waals surface area contributed by atoms with Gasteiger partial charge in [-0.2, -0.15) is 0 Å². The van der Waals surface area contributed by atoms with Crippen LogP contribution in [0.5, 0.6) is 5.75 Å². The van der Waals surface area contributed by atoms with Crippen LogP contribution in [0.1, 0.15) is 15.2 Å². The zero-order valence-corrected chi connectivity index (χ0v) is 15.7. The standard InChI is InChI=1S/C19H17FN2O4S/c1-10-4-5-12(9-14(10)20)22-19(24)21-11-6-7-15-13(8-11)16(25-2)17(27-15)18(23)26-3/h4-9H,1-3H3,(H2,21,22,24). The van der Waals surface area contributed by atoms with Crippen LogP contribution in [0, 0.1) is 12.7 Å². The molecular weight excluding hydrogens is 371 g/mol. The van der Waals surface area contributed by atoms with Gasteiger partial charge in [0.1, 0.15) is 5.82 Å². The molecule has 2 aromatic carbocycles. The first-order valence-electron chi connectivity index (χ1n) is 7.96. The molecule has 3 aromatic rings. The molecule has 140 valence electrons. The lowest BCUT2D eigenvalue weighted by Crippen LogP contribution is -2.19. The van der Waals surface area contributed by atoms with Gasteiger partial charge in [-0.1, -0.05) is 6.07 Å². The Labute approximate surface area is 158 Å². The summed E-state index contributed by atoms with van der Waals surface area (Å²) in [5.74, 6) is -0.485. The summed E-state index contributed by atoms with van der Waals surface area (Å²) in [4.78, 5) is 24.4. The molecule has 0 aliphatic rings. The molecular formula is C19H17FN2O4S. The highest BCUT2D eigenvalue weighted by atomic mass is 32.1. The topological polar surface area (TPSA) is 76.7 Å². The Balaban J connectivity index is 1.83. The smallest absolute Gasteiger partial charge is 0.351 e. The van der Waals surface area contributed by atoms with Gasteiger partial charge < -0.3 is 20.1 Å². The second-order valence-corrected chi connectivity index (χ2v) is 6.76. The lowest BCUT2D eigenvalue weighted by Gasteiger charge is -2.09. The van der Waals surface area contributed by atoms with Gasteiger partial charge in [-0.05, 0) is 42.8 Å². The molecule has 27 heavy (non-hydrogen) atoms. The Bertz CT molecular complexity index is 1030. The first-order chi connectivity index (χ1) is 12.9. The van der Waals surface area contributed by atoms with Gasteiger partial charge in [0, 0.05) is 21.5 Å². The Morgan fingerprint density at radius 3 is 2.33 bits per heavy atom. The van der Waals surface area contributed by atoms with Crippen molar-refractivity contribution in [3.8, 4) is 5.75 Å². The fraction of sp³-hybridized carbons (Fsp3) is 0.158. The normalized spacial score (nSPS) is 10.5. The van der Waals surface area contributed by atoms with E-state index in [4.69, 9.17) is 9.47 Å². The summed E-state index contributed by atoms with van der Waals surface area (Å²) in [6.45, 7) is 1.64. The van der Waals surface area contributed by atoms with Gasteiger partial charge in [0.15, 0.2) is 10.6 Å². The van der Waals surface area contributed by atoms with Crippen LogP contribution >= 0.6 is 11.3 Å². The van der Waals surface area contributed by atoms with Crippen LogP contribution in [0.15, 0.2) is 36.4 Å². The number of esters is 1. The van der Waals surface area contributed by atoms with Crippen molar-refractivity contribution in [1.82, 2.24) is 0 Å². The first-order valence-corrected chi connectivity index (χ1v) is 8.77. The van der Waals surface area contributed by atoms with Crippen LogP contribution < -0.4 is 15.4 Å². The fourth-order valence-electron chi connectivity index (χ4n) is 2.55. The van der Waals surface area contributed by atoms with E-state index in [-0.39, 0.29) is 0 Å². The van der Waals surface area contributed by atoms with Crippen LogP contribution in [-0.2, 0) is 4.74 Å². The summed E-state index contributed by atoms with van der Waals surface area (Å²) in [5, 5.41) is 5.94. The Morgan fingerprint density at radius 2 is 1.70 bits per heavy atom. The van der Waals surface area contributed by atoms with E-state index < -0.39 is 17.8 Å². The SMILES string of the molecule is COC(=O)c1sc2ccc(NC(=O)Nc3ccc(C)c(F)c3)cc2c1OC. The Kier molecular flexibility index (Phi) is 5.27. The number of ether oxygens (including phenoxy) is 2. The summed E-state index contributed by atoms with van der Waals surface area (Å²) in [6.07, 6.45) is 0. The fourth-order valence-corrected chi connectivity index (χ4v) is 3.62. The number of amides is 2. The quantitative estimate of drug-likeness (QED) is 0.630. The molecule has 2 N–H and O–H groups in total. The first kappa shape index (κ1) is 18.7. The molecule has 2 amide bonds. The molecule has 8 heteroatoms. The van der Waals surface area contributed by atoms with E-state index in [2.05, 4.69) is 10.6 Å². The maximum atomic E-state index is 13.6. The second kappa shape index (κ2) is 7.63. The summed E-state index contributed by atoms with van der Waals surface area (Å²) in [6, 6.07) is 9.12. The van der Waals surface area contributed by atoms with E-state index in [0.717, 1.165) is 4.70 Å². The molecule has 0 bridgehead atoms. The zero-order chi connectivity index (χ0) is 19.6. The van der Waals surface area contributed by atoms with E-state index in [0.29, 0.717) is 33.0 Å². The molecule has 0 spiro atoms. The minimum atomic E-state index is -0.514. The van der Waals surface area contributed by atoms with Crippen molar-refractivity contribution in [3.63, 3.8) is 0 Å². The number of anilines is 2. The van der Waals surface area contributed by atoms with E-state index >= 15 is 0 Å². The third-order valence-electron chi connectivity index (χ3n) is 3.90. The maximum Gasteiger partial charge on any atom is 0.351 e. The highest BCUT2D eigenvalue weighted by Crippen LogP contribution is 2.39. The van der Waals surface area contributed by atoms with Crippen molar-refractivity contribution < 1.29 is 23.5 Å². The number of carbonyl (C=O) groups is 2. The molecule has 1 aromatic heterocycles. The predicted molar refractivity (Wildman–Crippen MR) is 103 cm³/mol. The van der Waals surface area contributed by atoms with Crippen LogP contribution in [-0.4, -0.2) is 26.2 Å². The number of nitrogens with one attached hydrogen (secondary N) is 2. The van der Waals surface area contributed by atoms with E-state index in [9.17, 15) is 14.0 Å². The molecule has 0 saturated carbocycles. The third kappa shape index (κ3) is 3.85. The van der Waals surface area contributed by atoms with Crippen molar-refractivity contribution in [3.05, 3.63) is 52.7 Å². The van der Waals surface area contributed by atoms with Crippen molar-refractivity contribution >= 4 is 44.8 Å². The number of urea groups is 1. The molecule has 0 saturated heterocycles. The molecule has 0 radical (unpaired) electrons. The van der Waals surface area contributed by atoms with Crippen LogP contribution in [0.2, 0.25) is 0 Å². The molecule has 0 aliphatic carbocycles. The number of aryl methyl sites for hydroxylation is 1. The monoisotopic (exact) mass is 388 g/mol. The molecule has 0 fully saturated rings. The predicted octanol–water partition coefficient (Wildman–Crippen LogP) is 4.79. The van der Waals surface area contributed by atoms with Gasteiger partial charge in [0.05, 0.1) is 14.2 Å². The highest BCUT2D eigenvalue weighted by Gasteiger charge is 2.20. The van der Waals surface area contributed by atoms with Crippen molar-refractivity contribution in [2.24, 2.45) is 0 Å². The van der Waals surface area contributed by atoms with E-state index in [1.165, 1.54) is 31.6 Å². The van der Waals surface area contributed by atoms with Gasteiger partial charge in [-0.15, -0.1) is 11.3 Å². The minimum absolute atomic E-state index is 0.345. The lowest BCUT2D eigenvalue weighted by atomic mass is 10.2. The number of hydrogen-bond acceptors (Lipinski definition) is 5. The average molecular weight is 388 g/mol. The van der Waals surface area contributed by atoms with E-state index in [1.54, 1.807) is 37.3 Å². The summed E-state index contributed by atoms with van der Waals surface area (Å²) in [7, 11) is 2.77. The van der Waals surface area contributed by atoms with E-state index in [1.807, 2.05) is 0 Å².